The van der Waals surface area contributed by atoms with E-state index in [-0.39, 0.29) is 5.41 Å². The zero-order valence-corrected chi connectivity index (χ0v) is 29.7. The topological polar surface area (TPSA) is 0 Å². The molecule has 0 nitrogen and oxygen atoms in total. The van der Waals surface area contributed by atoms with E-state index < -0.39 is 20.0 Å². The molecule has 2 atom stereocenters. The van der Waals surface area contributed by atoms with Gasteiger partial charge in [-0.05, 0) is 0 Å². The van der Waals surface area contributed by atoms with Crippen molar-refractivity contribution in [2.45, 2.75) is 70.1 Å². The van der Waals surface area contributed by atoms with Crippen LogP contribution in [0.1, 0.15) is 77.5 Å². The van der Waals surface area contributed by atoms with E-state index in [1.165, 1.54) is 70.2 Å². The Labute approximate surface area is 256 Å². The van der Waals surface area contributed by atoms with Crippen LogP contribution in [0.2, 0.25) is 9.36 Å². The fraction of sp³-hybridized carbons (Fsp3) is 0.317. The van der Waals surface area contributed by atoms with Crippen LogP contribution in [-0.4, -0.2) is 0 Å². The van der Waals surface area contributed by atoms with Crippen molar-refractivity contribution in [3.63, 3.8) is 0 Å². The van der Waals surface area contributed by atoms with Gasteiger partial charge >= 0.3 is 258 Å². The van der Waals surface area contributed by atoms with Crippen LogP contribution < -0.4 is 0 Å². The van der Waals surface area contributed by atoms with Gasteiger partial charge in [0.25, 0.3) is 0 Å². The number of benzene rings is 4. The van der Waals surface area contributed by atoms with Crippen molar-refractivity contribution in [2.75, 3.05) is 0 Å². The Hall–Kier alpha value is -2.77. The van der Waals surface area contributed by atoms with Crippen LogP contribution in [-0.2, 0) is 20.0 Å². The summed E-state index contributed by atoms with van der Waals surface area (Å²) in [6.07, 6.45) is 10.8. The number of fused-ring (bicyclic) bond motifs is 8. The van der Waals surface area contributed by atoms with Crippen molar-refractivity contribution in [3.05, 3.63) is 128 Å². The molecule has 0 aromatic heterocycles. The third-order valence-electron chi connectivity index (χ3n) is 11.7. The molecular weight excluding hydrogens is 671 g/mol. The molecule has 1 heterocycles. The number of hydrogen-bond acceptors (Lipinski definition) is 0. The van der Waals surface area contributed by atoms with Gasteiger partial charge in [-0.3, -0.25) is 0 Å². The summed E-state index contributed by atoms with van der Waals surface area (Å²) in [7, 11) is 0. The van der Waals surface area contributed by atoms with Crippen LogP contribution in [0, 0.1) is 33.1 Å². The summed E-state index contributed by atoms with van der Waals surface area (Å²) in [5.74, 6) is 0. The normalized spacial score (nSPS) is 22.3. The molecule has 1 saturated heterocycles. The standard InChI is InChI=1S/C39H36.2CH3.Hf/c1-25-11-7-12-26(2)37(25)33-17-9-15-29-21-31(23-35(29)33)39(19-5-6-20-39)32-22-30-16-10-18-34(36(30)24-32)38-27(3)13-8-14-28(38)4;;;/h7-18,21-24H,5-6,19-20H2,1-4H3;2*1H3;. The van der Waals surface area contributed by atoms with Gasteiger partial charge in [-0.25, -0.2) is 0 Å². The summed E-state index contributed by atoms with van der Waals surface area (Å²) >= 11 is -3.06. The second kappa shape index (κ2) is 9.36. The van der Waals surface area contributed by atoms with Gasteiger partial charge in [0.05, 0.1) is 0 Å². The molecule has 3 aliphatic carbocycles. The van der Waals surface area contributed by atoms with Crippen molar-refractivity contribution in [1.82, 2.24) is 0 Å². The van der Waals surface area contributed by atoms with E-state index in [0.29, 0.717) is 7.35 Å². The Morgan fingerprint density at radius 1 is 0.548 bits per heavy atom. The van der Waals surface area contributed by atoms with Crippen molar-refractivity contribution in [3.8, 4) is 22.3 Å². The van der Waals surface area contributed by atoms with E-state index in [9.17, 15) is 0 Å². The average molecular weight is 713 g/mol. The van der Waals surface area contributed by atoms with Gasteiger partial charge in [-0.15, -0.1) is 0 Å². The van der Waals surface area contributed by atoms with Gasteiger partial charge in [0.15, 0.2) is 0 Å². The van der Waals surface area contributed by atoms with Gasteiger partial charge < -0.3 is 0 Å². The van der Waals surface area contributed by atoms with E-state index in [4.69, 9.17) is 0 Å². The molecule has 1 aliphatic heterocycles. The molecule has 4 aliphatic rings. The zero-order chi connectivity index (χ0) is 29.0. The van der Waals surface area contributed by atoms with E-state index in [1.807, 2.05) is 11.1 Å². The van der Waals surface area contributed by atoms with Gasteiger partial charge in [0.1, 0.15) is 0 Å². The summed E-state index contributed by atoms with van der Waals surface area (Å²) in [5, 5.41) is 0. The first kappa shape index (κ1) is 26.8. The van der Waals surface area contributed by atoms with Crippen LogP contribution in [0.5, 0.6) is 0 Å². The monoisotopic (exact) mass is 714 g/mol. The van der Waals surface area contributed by atoms with Gasteiger partial charge in [0, 0.05) is 0 Å². The molecule has 8 rings (SSSR count). The minimum absolute atomic E-state index is 0.221. The van der Waals surface area contributed by atoms with E-state index >= 15 is 0 Å². The van der Waals surface area contributed by atoms with Crippen molar-refractivity contribution in [2.24, 2.45) is 5.41 Å². The van der Waals surface area contributed by atoms with Crippen molar-refractivity contribution in [1.29, 1.82) is 0 Å². The van der Waals surface area contributed by atoms with Crippen LogP contribution in [0.25, 0.3) is 34.4 Å². The molecular formula is C41H42Hf. The predicted molar refractivity (Wildman–Crippen MR) is 177 cm³/mol. The number of aryl methyl sites for hydroxylation is 4. The Morgan fingerprint density at radius 3 is 1.33 bits per heavy atom. The van der Waals surface area contributed by atoms with Gasteiger partial charge in [-0.1, -0.05) is 0 Å². The zero-order valence-electron chi connectivity index (χ0n) is 26.1. The number of rotatable bonds is 2. The summed E-state index contributed by atoms with van der Waals surface area (Å²) in [5.41, 5.74) is 21.6. The molecule has 210 valence electrons. The second-order valence-corrected chi connectivity index (χ2v) is 31.6. The molecule has 1 heteroatoms. The molecule has 4 aromatic carbocycles. The quantitative estimate of drug-likeness (QED) is 0.182. The molecule has 2 fully saturated rings. The first-order valence-electron chi connectivity index (χ1n) is 16.1. The van der Waals surface area contributed by atoms with Crippen molar-refractivity contribution < 1.29 is 20.0 Å². The Balaban J connectivity index is 1.38. The van der Waals surface area contributed by atoms with E-state index in [1.54, 1.807) is 22.3 Å². The maximum atomic E-state index is 2.80. The molecule has 0 bridgehead atoms. The Morgan fingerprint density at radius 2 is 0.929 bits per heavy atom. The fourth-order valence-corrected chi connectivity index (χ4v) is 27.1. The molecule has 0 N–H and O–H groups in total. The third kappa shape index (κ3) is 3.50. The Bertz CT molecular complexity index is 1690. The molecule has 0 amide bonds. The first-order chi connectivity index (χ1) is 20.2. The SMILES string of the molecule is Cc1cccc(C)c1-c1cccc2c1C=C1[CH]2[Hf]([CH3])([CH3])[CH]2C(=Cc3c(-c4c(C)cccc4C)cccc32)C12CCCC2. The number of allylic oxidation sites excluding steroid dienone is 2. The van der Waals surface area contributed by atoms with E-state index in [2.05, 4.69) is 122 Å². The second-order valence-electron chi connectivity index (χ2n) is 14.3. The van der Waals surface area contributed by atoms with Crippen molar-refractivity contribution >= 4 is 12.2 Å². The molecule has 1 spiro atoms. The average Bonchev–Trinajstić information content (AvgIpc) is 3.69. The first-order valence-corrected chi connectivity index (χ1v) is 27.4. The predicted octanol–water partition coefficient (Wildman–Crippen LogP) is 11.7. The molecule has 4 aromatic rings. The van der Waals surface area contributed by atoms with Crippen LogP contribution in [0.15, 0.2) is 83.9 Å². The summed E-state index contributed by atoms with van der Waals surface area (Å²) in [6, 6.07) is 28.2. The third-order valence-corrected chi connectivity index (χ3v) is 26.8. The minimum atomic E-state index is -3.06. The van der Waals surface area contributed by atoms with E-state index in [0.717, 1.165) is 0 Å². The fourth-order valence-electron chi connectivity index (χ4n) is 10.0. The summed E-state index contributed by atoms with van der Waals surface area (Å²) in [6.45, 7) is 9.16. The number of hydrogen-bond donors (Lipinski definition) is 0. The van der Waals surface area contributed by atoms with Gasteiger partial charge in [-0.2, -0.15) is 0 Å². The summed E-state index contributed by atoms with van der Waals surface area (Å²) < 4.78 is 6.92. The van der Waals surface area contributed by atoms with Gasteiger partial charge in [0.2, 0.25) is 0 Å². The van der Waals surface area contributed by atoms with Crippen LogP contribution >= 0.6 is 0 Å². The van der Waals surface area contributed by atoms with Crippen LogP contribution in [0.4, 0.5) is 0 Å². The summed E-state index contributed by atoms with van der Waals surface area (Å²) in [4.78, 5) is 0. The maximum absolute atomic E-state index is 3.06. The molecule has 1 saturated carbocycles. The van der Waals surface area contributed by atoms with Crippen LogP contribution in [0.3, 0.4) is 0 Å². The molecule has 2 unspecified atom stereocenters. The Kier molecular flexibility index (Phi) is 5.98. The molecule has 42 heavy (non-hydrogen) atoms. The molecule has 0 radical (unpaired) electrons.